The minimum atomic E-state index is 0.0319. The molecule has 2 aliphatic heterocycles. The number of para-hydroxylation sites is 1. The second-order valence-corrected chi connectivity index (χ2v) is 5.72. The fraction of sp³-hybridized carbons (Fsp3) is 0.588. The van der Waals surface area contributed by atoms with Crippen LogP contribution < -0.4 is 4.74 Å². The molecule has 3 heteroatoms. The van der Waals surface area contributed by atoms with Gasteiger partial charge in [-0.15, -0.1) is 0 Å². The first-order chi connectivity index (χ1) is 9.84. The average Bonchev–Trinajstić information content (AvgIpc) is 3.00. The number of carbonyl (C=O) groups excluding carboxylic acids is 1. The summed E-state index contributed by atoms with van der Waals surface area (Å²) in [5.41, 5.74) is 1.07. The molecule has 0 bridgehead atoms. The number of hydrogen-bond acceptors (Lipinski definition) is 3. The Morgan fingerprint density at radius 2 is 2.10 bits per heavy atom. The molecule has 0 aromatic heterocycles. The Morgan fingerprint density at radius 3 is 2.95 bits per heavy atom. The predicted octanol–water partition coefficient (Wildman–Crippen LogP) is 3.47. The Balaban J connectivity index is 1.55. The van der Waals surface area contributed by atoms with E-state index in [4.69, 9.17) is 9.47 Å². The number of ether oxygens (including phenoxy) is 2. The van der Waals surface area contributed by atoms with E-state index in [-0.39, 0.29) is 5.92 Å². The third-order valence-electron chi connectivity index (χ3n) is 4.32. The smallest absolute Gasteiger partial charge is 0.140 e. The van der Waals surface area contributed by atoms with Crippen LogP contribution in [0.3, 0.4) is 0 Å². The lowest BCUT2D eigenvalue weighted by Gasteiger charge is -2.25. The van der Waals surface area contributed by atoms with Gasteiger partial charge in [0.05, 0.1) is 12.7 Å². The van der Waals surface area contributed by atoms with E-state index in [9.17, 15) is 4.79 Å². The van der Waals surface area contributed by atoms with Crippen LogP contribution in [0.25, 0.3) is 0 Å². The van der Waals surface area contributed by atoms with E-state index in [2.05, 4.69) is 0 Å². The van der Waals surface area contributed by atoms with Crippen LogP contribution in [-0.4, -0.2) is 25.1 Å². The maximum atomic E-state index is 12.4. The van der Waals surface area contributed by atoms with Gasteiger partial charge >= 0.3 is 0 Å². The molecule has 0 amide bonds. The Labute approximate surface area is 120 Å². The quantitative estimate of drug-likeness (QED) is 0.824. The maximum absolute atomic E-state index is 12.4. The van der Waals surface area contributed by atoms with Crippen LogP contribution in [0.5, 0.6) is 5.75 Å². The lowest BCUT2D eigenvalue weighted by molar-refractivity contribution is -0.121. The molecule has 2 aliphatic rings. The van der Waals surface area contributed by atoms with Crippen LogP contribution >= 0.6 is 0 Å². The summed E-state index contributed by atoms with van der Waals surface area (Å²) in [5.74, 6) is 1.28. The van der Waals surface area contributed by atoms with Gasteiger partial charge in [0.2, 0.25) is 0 Å². The van der Waals surface area contributed by atoms with E-state index in [1.807, 2.05) is 24.3 Å². The maximum Gasteiger partial charge on any atom is 0.140 e. The first kappa shape index (κ1) is 13.6. The molecular weight excluding hydrogens is 252 g/mol. The van der Waals surface area contributed by atoms with Crippen molar-refractivity contribution in [3.8, 4) is 5.75 Å². The summed E-state index contributed by atoms with van der Waals surface area (Å²) in [4.78, 5) is 12.4. The number of hydrogen-bond donors (Lipinski definition) is 0. The largest absolute Gasteiger partial charge is 0.493 e. The fourth-order valence-electron chi connectivity index (χ4n) is 3.23. The molecule has 0 spiro atoms. The average molecular weight is 274 g/mol. The second kappa shape index (κ2) is 6.40. The normalized spacial score (nSPS) is 25.0. The molecule has 0 aliphatic carbocycles. The van der Waals surface area contributed by atoms with Crippen LogP contribution in [0.1, 0.15) is 50.0 Å². The molecule has 3 rings (SSSR count). The molecule has 2 atom stereocenters. The lowest BCUT2D eigenvalue weighted by atomic mass is 9.87. The molecule has 0 radical (unpaired) electrons. The number of carbonyl (C=O) groups is 1. The Hall–Kier alpha value is -1.35. The highest BCUT2D eigenvalue weighted by molar-refractivity contribution is 5.86. The summed E-state index contributed by atoms with van der Waals surface area (Å²) >= 11 is 0. The van der Waals surface area contributed by atoms with Crippen molar-refractivity contribution < 1.29 is 14.3 Å². The Bertz CT molecular complexity index is 463. The molecule has 3 nitrogen and oxygen atoms in total. The van der Waals surface area contributed by atoms with Gasteiger partial charge in [0, 0.05) is 24.5 Å². The highest BCUT2D eigenvalue weighted by atomic mass is 16.5. The monoisotopic (exact) mass is 274 g/mol. The summed E-state index contributed by atoms with van der Waals surface area (Å²) in [7, 11) is 0. The molecule has 2 unspecified atom stereocenters. The third kappa shape index (κ3) is 3.04. The highest BCUT2D eigenvalue weighted by Gasteiger charge is 2.27. The molecule has 1 aromatic carbocycles. The molecule has 20 heavy (non-hydrogen) atoms. The Kier molecular flexibility index (Phi) is 4.36. The highest BCUT2D eigenvalue weighted by Crippen LogP contribution is 2.35. The number of rotatable bonds is 5. The topological polar surface area (TPSA) is 35.5 Å². The Morgan fingerprint density at radius 1 is 1.20 bits per heavy atom. The van der Waals surface area contributed by atoms with Gasteiger partial charge in [0.15, 0.2) is 0 Å². The predicted molar refractivity (Wildman–Crippen MR) is 77.1 cm³/mol. The molecule has 108 valence electrons. The summed E-state index contributed by atoms with van der Waals surface area (Å²) in [5, 5.41) is 0. The number of fused-ring (bicyclic) bond motifs is 1. The molecule has 2 heterocycles. The summed E-state index contributed by atoms with van der Waals surface area (Å²) in [6.07, 6.45) is 6.18. The lowest BCUT2D eigenvalue weighted by Crippen LogP contribution is -2.21. The molecule has 1 saturated heterocycles. The first-order valence-electron chi connectivity index (χ1n) is 7.70. The zero-order valence-electron chi connectivity index (χ0n) is 11.8. The molecule has 1 aromatic rings. The summed E-state index contributed by atoms with van der Waals surface area (Å²) in [6.45, 7) is 1.55. The van der Waals surface area contributed by atoms with E-state index in [0.717, 1.165) is 43.6 Å². The van der Waals surface area contributed by atoms with Crippen molar-refractivity contribution in [2.75, 3.05) is 13.2 Å². The first-order valence-corrected chi connectivity index (χ1v) is 7.70. The van der Waals surface area contributed by atoms with Gasteiger partial charge in [-0.25, -0.2) is 0 Å². The van der Waals surface area contributed by atoms with E-state index in [1.165, 1.54) is 6.42 Å². The zero-order valence-corrected chi connectivity index (χ0v) is 11.8. The van der Waals surface area contributed by atoms with Crippen molar-refractivity contribution in [2.45, 2.75) is 50.5 Å². The molecule has 1 fully saturated rings. The van der Waals surface area contributed by atoms with E-state index in [1.54, 1.807) is 0 Å². The number of ketones is 1. The SMILES string of the molecule is O=C(CCCC1CCCO1)C1CCOc2ccccc21. The van der Waals surface area contributed by atoms with Crippen molar-refractivity contribution in [2.24, 2.45) is 0 Å². The van der Waals surface area contributed by atoms with Crippen molar-refractivity contribution in [3.63, 3.8) is 0 Å². The van der Waals surface area contributed by atoms with Crippen LogP contribution in [0.15, 0.2) is 24.3 Å². The van der Waals surface area contributed by atoms with Gasteiger partial charge < -0.3 is 9.47 Å². The van der Waals surface area contributed by atoms with Crippen LogP contribution in [0, 0.1) is 0 Å². The van der Waals surface area contributed by atoms with Crippen molar-refractivity contribution in [1.82, 2.24) is 0 Å². The molecule has 0 N–H and O–H groups in total. The standard InChI is InChI=1S/C17H22O3/c18-16(8-3-5-13-6-4-11-19-13)14-10-12-20-17-9-2-1-7-15(14)17/h1-2,7,9,13-14H,3-6,8,10-12H2. The van der Waals surface area contributed by atoms with E-state index < -0.39 is 0 Å². The van der Waals surface area contributed by atoms with Gasteiger partial charge in [-0.05, 0) is 38.2 Å². The van der Waals surface area contributed by atoms with E-state index in [0.29, 0.717) is 24.9 Å². The number of Topliss-reactive ketones (excluding diaryl/α,β-unsaturated/α-hetero) is 1. The van der Waals surface area contributed by atoms with Gasteiger partial charge in [0.25, 0.3) is 0 Å². The van der Waals surface area contributed by atoms with Gasteiger partial charge in [0.1, 0.15) is 11.5 Å². The van der Waals surface area contributed by atoms with Gasteiger partial charge in [-0.2, -0.15) is 0 Å². The molecule has 0 saturated carbocycles. The molecular formula is C17H22O3. The second-order valence-electron chi connectivity index (χ2n) is 5.72. The fourth-order valence-corrected chi connectivity index (χ4v) is 3.23. The summed E-state index contributed by atoms with van der Waals surface area (Å²) in [6, 6.07) is 7.93. The van der Waals surface area contributed by atoms with E-state index >= 15 is 0 Å². The third-order valence-corrected chi connectivity index (χ3v) is 4.32. The van der Waals surface area contributed by atoms with Gasteiger partial charge in [-0.3, -0.25) is 4.79 Å². The minimum absolute atomic E-state index is 0.0319. The van der Waals surface area contributed by atoms with Crippen LogP contribution in [-0.2, 0) is 9.53 Å². The van der Waals surface area contributed by atoms with Crippen LogP contribution in [0.4, 0.5) is 0 Å². The van der Waals surface area contributed by atoms with Crippen molar-refractivity contribution in [1.29, 1.82) is 0 Å². The van der Waals surface area contributed by atoms with Gasteiger partial charge in [-0.1, -0.05) is 18.2 Å². The van der Waals surface area contributed by atoms with Crippen LogP contribution in [0.2, 0.25) is 0 Å². The van der Waals surface area contributed by atoms with Crippen molar-refractivity contribution >= 4 is 5.78 Å². The minimum Gasteiger partial charge on any atom is -0.493 e. The summed E-state index contributed by atoms with van der Waals surface area (Å²) < 4.78 is 11.2. The number of benzene rings is 1. The zero-order chi connectivity index (χ0) is 13.8. The van der Waals surface area contributed by atoms with Crippen molar-refractivity contribution in [3.05, 3.63) is 29.8 Å².